The minimum absolute atomic E-state index is 0.327. The summed E-state index contributed by atoms with van der Waals surface area (Å²) in [6.45, 7) is 3.02. The van der Waals surface area contributed by atoms with Crippen molar-refractivity contribution >= 4 is 11.3 Å². The van der Waals surface area contributed by atoms with E-state index < -0.39 is 0 Å². The van der Waals surface area contributed by atoms with Gasteiger partial charge in [0.15, 0.2) is 0 Å². The number of phenolic OH excluding ortho intramolecular Hbond substituents is 1. The fourth-order valence-electron chi connectivity index (χ4n) is 1.75. The SMILES string of the molecule is CC(CCc1ccc(O)cc1)NCc1cscn1. The van der Waals surface area contributed by atoms with Gasteiger partial charge in [-0.2, -0.15) is 0 Å². The van der Waals surface area contributed by atoms with Gasteiger partial charge in [0.25, 0.3) is 0 Å². The van der Waals surface area contributed by atoms with Crippen LogP contribution in [0.4, 0.5) is 0 Å². The van der Waals surface area contributed by atoms with E-state index >= 15 is 0 Å². The second-order valence-corrected chi connectivity index (χ2v) is 5.19. The summed E-state index contributed by atoms with van der Waals surface area (Å²) in [5.41, 5.74) is 4.23. The largest absolute Gasteiger partial charge is 0.508 e. The van der Waals surface area contributed by atoms with Gasteiger partial charge in [-0.25, -0.2) is 4.98 Å². The van der Waals surface area contributed by atoms with Crippen molar-refractivity contribution in [3.05, 3.63) is 46.4 Å². The van der Waals surface area contributed by atoms with Crippen molar-refractivity contribution < 1.29 is 5.11 Å². The van der Waals surface area contributed by atoms with E-state index in [9.17, 15) is 5.11 Å². The number of aryl methyl sites for hydroxylation is 1. The first-order chi connectivity index (χ1) is 8.74. The number of aromatic nitrogens is 1. The van der Waals surface area contributed by atoms with Crippen LogP contribution in [-0.4, -0.2) is 16.1 Å². The van der Waals surface area contributed by atoms with Gasteiger partial charge < -0.3 is 10.4 Å². The lowest BCUT2D eigenvalue weighted by molar-refractivity contribution is 0.474. The maximum atomic E-state index is 9.21. The van der Waals surface area contributed by atoms with Crippen LogP contribution in [0.15, 0.2) is 35.2 Å². The van der Waals surface area contributed by atoms with Gasteiger partial charge in [0, 0.05) is 18.0 Å². The van der Waals surface area contributed by atoms with Gasteiger partial charge in [-0.15, -0.1) is 11.3 Å². The summed E-state index contributed by atoms with van der Waals surface area (Å²) in [5, 5.41) is 14.7. The van der Waals surface area contributed by atoms with E-state index in [1.54, 1.807) is 23.5 Å². The third kappa shape index (κ3) is 4.13. The van der Waals surface area contributed by atoms with E-state index in [1.807, 2.05) is 17.6 Å². The molecule has 0 saturated carbocycles. The van der Waals surface area contributed by atoms with Crippen LogP contribution in [0.5, 0.6) is 5.75 Å². The van der Waals surface area contributed by atoms with Crippen molar-refractivity contribution in [2.24, 2.45) is 0 Å². The van der Waals surface area contributed by atoms with Crippen molar-refractivity contribution in [3.63, 3.8) is 0 Å². The highest BCUT2D eigenvalue weighted by Gasteiger charge is 2.03. The highest BCUT2D eigenvalue weighted by atomic mass is 32.1. The predicted octanol–water partition coefficient (Wildman–Crippen LogP) is 2.96. The molecule has 0 saturated heterocycles. The number of hydrogen-bond acceptors (Lipinski definition) is 4. The van der Waals surface area contributed by atoms with Crippen LogP contribution in [0.25, 0.3) is 0 Å². The molecule has 0 fully saturated rings. The Morgan fingerprint density at radius 3 is 2.78 bits per heavy atom. The monoisotopic (exact) mass is 262 g/mol. The number of hydrogen-bond donors (Lipinski definition) is 2. The highest BCUT2D eigenvalue weighted by Crippen LogP contribution is 2.12. The van der Waals surface area contributed by atoms with Crippen LogP contribution < -0.4 is 5.32 Å². The number of nitrogens with zero attached hydrogens (tertiary/aromatic N) is 1. The molecule has 1 heterocycles. The Labute approximate surface area is 112 Å². The fraction of sp³-hybridized carbons (Fsp3) is 0.357. The van der Waals surface area contributed by atoms with Crippen molar-refractivity contribution in [2.45, 2.75) is 32.4 Å². The van der Waals surface area contributed by atoms with Crippen LogP contribution in [0, 0.1) is 0 Å². The Morgan fingerprint density at radius 2 is 2.11 bits per heavy atom. The molecule has 0 aliphatic heterocycles. The van der Waals surface area contributed by atoms with E-state index in [0.29, 0.717) is 11.8 Å². The molecule has 0 amide bonds. The van der Waals surface area contributed by atoms with Crippen molar-refractivity contribution in [1.82, 2.24) is 10.3 Å². The summed E-state index contributed by atoms with van der Waals surface area (Å²) in [6, 6.07) is 7.89. The molecule has 1 unspecified atom stereocenters. The Balaban J connectivity index is 1.71. The molecule has 18 heavy (non-hydrogen) atoms. The smallest absolute Gasteiger partial charge is 0.115 e. The normalized spacial score (nSPS) is 12.5. The minimum Gasteiger partial charge on any atom is -0.508 e. The van der Waals surface area contributed by atoms with Crippen LogP contribution >= 0.6 is 11.3 Å². The molecule has 1 aromatic heterocycles. The van der Waals surface area contributed by atoms with Crippen LogP contribution in [-0.2, 0) is 13.0 Å². The number of aromatic hydroxyl groups is 1. The summed E-state index contributed by atoms with van der Waals surface area (Å²) >= 11 is 1.63. The molecule has 1 aromatic carbocycles. The molecule has 0 radical (unpaired) electrons. The lowest BCUT2D eigenvalue weighted by atomic mass is 10.1. The maximum Gasteiger partial charge on any atom is 0.115 e. The number of nitrogens with one attached hydrogen (secondary N) is 1. The summed E-state index contributed by atoms with van der Waals surface area (Å²) in [7, 11) is 0. The number of rotatable bonds is 6. The maximum absolute atomic E-state index is 9.21. The Morgan fingerprint density at radius 1 is 1.33 bits per heavy atom. The van der Waals surface area contributed by atoms with Gasteiger partial charge >= 0.3 is 0 Å². The standard InChI is InChI=1S/C14H18N2OS/c1-11(15-8-13-9-18-10-16-13)2-3-12-4-6-14(17)7-5-12/h4-7,9-11,15,17H,2-3,8H2,1H3. The second kappa shape index (κ2) is 6.52. The zero-order chi connectivity index (χ0) is 12.8. The van der Waals surface area contributed by atoms with E-state index in [4.69, 9.17) is 0 Å². The molecule has 0 aliphatic rings. The third-order valence-electron chi connectivity index (χ3n) is 2.92. The van der Waals surface area contributed by atoms with Crippen molar-refractivity contribution in [1.29, 1.82) is 0 Å². The average Bonchev–Trinajstić information content (AvgIpc) is 2.89. The molecular formula is C14H18N2OS. The topological polar surface area (TPSA) is 45.1 Å². The molecule has 3 nitrogen and oxygen atoms in total. The van der Waals surface area contributed by atoms with E-state index in [-0.39, 0.29) is 0 Å². The van der Waals surface area contributed by atoms with Gasteiger partial charge in [-0.05, 0) is 37.5 Å². The van der Waals surface area contributed by atoms with Crippen LogP contribution in [0.1, 0.15) is 24.6 Å². The Hall–Kier alpha value is -1.39. The van der Waals surface area contributed by atoms with Gasteiger partial charge in [0.2, 0.25) is 0 Å². The van der Waals surface area contributed by atoms with E-state index in [2.05, 4.69) is 22.6 Å². The zero-order valence-electron chi connectivity index (χ0n) is 10.5. The predicted molar refractivity (Wildman–Crippen MR) is 74.8 cm³/mol. The molecule has 2 rings (SSSR count). The second-order valence-electron chi connectivity index (χ2n) is 4.47. The van der Waals surface area contributed by atoms with Crippen molar-refractivity contribution in [2.75, 3.05) is 0 Å². The zero-order valence-corrected chi connectivity index (χ0v) is 11.3. The van der Waals surface area contributed by atoms with Crippen LogP contribution in [0.2, 0.25) is 0 Å². The molecule has 0 aliphatic carbocycles. The number of thiazole rings is 1. The fourth-order valence-corrected chi connectivity index (χ4v) is 2.31. The molecule has 0 spiro atoms. The first kappa shape index (κ1) is 13.1. The Bertz CT molecular complexity index is 453. The molecular weight excluding hydrogens is 244 g/mol. The molecule has 4 heteroatoms. The lowest BCUT2D eigenvalue weighted by Crippen LogP contribution is -2.26. The minimum atomic E-state index is 0.327. The summed E-state index contributed by atoms with van der Waals surface area (Å²) in [4.78, 5) is 4.24. The first-order valence-corrected chi connectivity index (χ1v) is 7.06. The Kier molecular flexibility index (Phi) is 4.73. The quantitative estimate of drug-likeness (QED) is 0.841. The van der Waals surface area contributed by atoms with Crippen molar-refractivity contribution in [3.8, 4) is 5.75 Å². The molecule has 1 atom stereocenters. The van der Waals surface area contributed by atoms with Gasteiger partial charge in [-0.1, -0.05) is 12.1 Å². The van der Waals surface area contributed by atoms with Crippen LogP contribution in [0.3, 0.4) is 0 Å². The van der Waals surface area contributed by atoms with E-state index in [1.165, 1.54) is 5.56 Å². The van der Waals surface area contributed by atoms with Gasteiger partial charge in [0.1, 0.15) is 5.75 Å². The summed E-state index contributed by atoms with van der Waals surface area (Å²) in [5.74, 6) is 0.327. The van der Waals surface area contributed by atoms with Gasteiger partial charge in [-0.3, -0.25) is 0 Å². The van der Waals surface area contributed by atoms with E-state index in [0.717, 1.165) is 25.1 Å². The number of benzene rings is 1. The lowest BCUT2D eigenvalue weighted by Gasteiger charge is -2.12. The molecule has 96 valence electrons. The molecule has 2 aromatic rings. The first-order valence-electron chi connectivity index (χ1n) is 6.12. The average molecular weight is 262 g/mol. The third-order valence-corrected chi connectivity index (χ3v) is 3.55. The highest BCUT2D eigenvalue weighted by molar-refractivity contribution is 7.07. The summed E-state index contributed by atoms with van der Waals surface area (Å²) in [6.07, 6.45) is 2.10. The summed E-state index contributed by atoms with van der Waals surface area (Å²) < 4.78 is 0. The molecule has 0 bridgehead atoms. The molecule has 2 N–H and O–H groups in total. The number of phenols is 1. The van der Waals surface area contributed by atoms with Gasteiger partial charge in [0.05, 0.1) is 11.2 Å².